The molecule has 0 amide bonds. The van der Waals surface area contributed by atoms with Crippen LogP contribution in [0.25, 0.3) is 0 Å². The normalized spacial score (nSPS) is 26.9. The van der Waals surface area contributed by atoms with E-state index in [2.05, 4.69) is 0 Å². The molecular formula is C26H29O7P. The van der Waals surface area contributed by atoms with Crippen molar-refractivity contribution in [3.63, 3.8) is 0 Å². The number of hydrogen-bond acceptors (Lipinski definition) is 6. The van der Waals surface area contributed by atoms with Crippen LogP contribution in [0.1, 0.15) is 16.7 Å². The number of aliphatic hydroxyl groups is 1. The summed E-state index contributed by atoms with van der Waals surface area (Å²) in [5, 5.41) is 10.7. The van der Waals surface area contributed by atoms with Gasteiger partial charge in [-0.15, -0.1) is 0 Å². The molecule has 0 aliphatic carbocycles. The fourth-order valence-corrected chi connectivity index (χ4v) is 5.11. The third kappa shape index (κ3) is 6.62. The maximum Gasteiger partial charge on any atom is 0.359 e. The van der Waals surface area contributed by atoms with Crippen LogP contribution in [0.5, 0.6) is 0 Å². The van der Waals surface area contributed by atoms with Gasteiger partial charge in [0.2, 0.25) is 0 Å². The molecule has 1 aliphatic heterocycles. The zero-order valence-corrected chi connectivity index (χ0v) is 19.6. The molecule has 0 saturated carbocycles. The first-order chi connectivity index (χ1) is 16.5. The van der Waals surface area contributed by atoms with Gasteiger partial charge in [-0.1, -0.05) is 91.0 Å². The molecule has 1 aliphatic rings. The van der Waals surface area contributed by atoms with E-state index in [-0.39, 0.29) is 19.8 Å². The minimum Gasteiger partial charge on any atom is -0.378 e. The Kier molecular flexibility index (Phi) is 8.64. The lowest BCUT2D eigenvalue weighted by atomic mass is 10.1. The monoisotopic (exact) mass is 484 g/mol. The fraction of sp³-hybridized carbons (Fsp3) is 0.308. The molecule has 7 nitrogen and oxygen atoms in total. The van der Waals surface area contributed by atoms with E-state index in [9.17, 15) is 14.6 Å². The van der Waals surface area contributed by atoms with E-state index >= 15 is 0 Å². The number of rotatable bonds is 10. The minimum absolute atomic E-state index is 0.00316. The van der Waals surface area contributed by atoms with Crippen LogP contribution in [0.15, 0.2) is 91.0 Å². The fourth-order valence-electron chi connectivity index (χ4n) is 3.79. The predicted molar refractivity (Wildman–Crippen MR) is 127 cm³/mol. The predicted octanol–water partition coefficient (Wildman–Crippen LogP) is 4.28. The smallest absolute Gasteiger partial charge is 0.359 e. The summed E-state index contributed by atoms with van der Waals surface area (Å²) >= 11 is 0. The molecule has 1 saturated heterocycles. The van der Waals surface area contributed by atoms with Crippen molar-refractivity contribution < 1.29 is 33.3 Å². The Labute approximate surface area is 199 Å². The SMILES string of the molecule is O=P1(O)O[C@H](COCc2ccccc2)[C@@H](OCc2ccccc2)[C@H](OCc2ccccc2)[C@@H]1O. The quantitative estimate of drug-likeness (QED) is 0.415. The first-order valence-electron chi connectivity index (χ1n) is 11.1. The number of aliphatic hydroxyl groups excluding tert-OH is 1. The average Bonchev–Trinajstić information content (AvgIpc) is 2.86. The second-order valence-electron chi connectivity index (χ2n) is 8.14. The van der Waals surface area contributed by atoms with Crippen LogP contribution in [-0.2, 0) is 43.1 Å². The largest absolute Gasteiger partial charge is 0.378 e. The zero-order valence-electron chi connectivity index (χ0n) is 18.7. The van der Waals surface area contributed by atoms with Crippen LogP contribution in [0.4, 0.5) is 0 Å². The molecule has 2 N–H and O–H groups in total. The summed E-state index contributed by atoms with van der Waals surface area (Å²) in [6.07, 6.45) is -2.82. The van der Waals surface area contributed by atoms with Gasteiger partial charge in [-0.2, -0.15) is 0 Å². The van der Waals surface area contributed by atoms with E-state index in [0.29, 0.717) is 6.61 Å². The highest BCUT2D eigenvalue weighted by Crippen LogP contribution is 2.54. The third-order valence-corrected chi connectivity index (χ3v) is 7.10. The van der Waals surface area contributed by atoms with Gasteiger partial charge in [0.1, 0.15) is 18.3 Å². The Morgan fingerprint density at radius 3 is 1.65 bits per heavy atom. The summed E-state index contributed by atoms with van der Waals surface area (Å²) in [6.45, 7) is 0.666. The summed E-state index contributed by atoms with van der Waals surface area (Å²) in [5.74, 6) is -1.75. The molecule has 4 rings (SSSR count). The second-order valence-corrected chi connectivity index (χ2v) is 10.0. The van der Waals surface area contributed by atoms with Crippen molar-refractivity contribution in [2.45, 2.75) is 44.0 Å². The molecule has 180 valence electrons. The van der Waals surface area contributed by atoms with Crippen molar-refractivity contribution in [3.8, 4) is 0 Å². The van der Waals surface area contributed by atoms with Crippen molar-refractivity contribution in [2.24, 2.45) is 0 Å². The maximum absolute atomic E-state index is 12.7. The van der Waals surface area contributed by atoms with Crippen LogP contribution in [0.2, 0.25) is 0 Å². The Hall–Kier alpha value is -2.35. The van der Waals surface area contributed by atoms with Crippen LogP contribution >= 0.6 is 7.60 Å². The summed E-state index contributed by atoms with van der Waals surface area (Å²) in [5.41, 5.74) is 2.75. The van der Waals surface area contributed by atoms with E-state index in [0.717, 1.165) is 16.7 Å². The molecule has 0 spiro atoms. The highest BCUT2D eigenvalue weighted by Gasteiger charge is 2.53. The summed E-state index contributed by atoms with van der Waals surface area (Å²) < 4.78 is 36.1. The Morgan fingerprint density at radius 1 is 0.706 bits per heavy atom. The number of ether oxygens (including phenoxy) is 3. The van der Waals surface area contributed by atoms with Gasteiger partial charge in [0.05, 0.1) is 26.4 Å². The van der Waals surface area contributed by atoms with Gasteiger partial charge in [0, 0.05) is 0 Å². The molecule has 1 heterocycles. The molecule has 3 aromatic rings. The maximum atomic E-state index is 12.7. The molecule has 0 bridgehead atoms. The van der Waals surface area contributed by atoms with Crippen LogP contribution in [0.3, 0.4) is 0 Å². The molecule has 0 radical (unpaired) electrons. The van der Waals surface area contributed by atoms with Gasteiger partial charge in [-0.3, -0.25) is 9.09 Å². The van der Waals surface area contributed by atoms with Gasteiger partial charge < -0.3 is 24.2 Å². The van der Waals surface area contributed by atoms with Gasteiger partial charge in [0.15, 0.2) is 5.85 Å². The summed E-state index contributed by atoms with van der Waals surface area (Å²) in [6, 6.07) is 28.5. The molecule has 5 atom stereocenters. The summed E-state index contributed by atoms with van der Waals surface area (Å²) in [4.78, 5) is 10.4. The molecule has 3 aromatic carbocycles. The van der Waals surface area contributed by atoms with Gasteiger partial charge in [-0.25, -0.2) is 0 Å². The van der Waals surface area contributed by atoms with E-state index in [1.54, 1.807) is 0 Å². The standard InChI is InChI=1S/C26H29O7P/c27-26-25(32-18-22-14-8-3-9-15-22)24(31-17-21-12-6-2-7-13-21)23(33-34(26,28)29)19-30-16-20-10-4-1-5-11-20/h1-15,23-27H,16-19H2,(H,28,29)/t23-,24-,25+,26-/m1/s1. The van der Waals surface area contributed by atoms with Crippen molar-refractivity contribution in [1.82, 2.24) is 0 Å². The van der Waals surface area contributed by atoms with Gasteiger partial charge >= 0.3 is 7.60 Å². The van der Waals surface area contributed by atoms with Crippen LogP contribution in [-0.4, -0.2) is 40.8 Å². The van der Waals surface area contributed by atoms with Crippen molar-refractivity contribution in [3.05, 3.63) is 108 Å². The molecule has 34 heavy (non-hydrogen) atoms. The molecular weight excluding hydrogens is 455 g/mol. The Morgan fingerprint density at radius 2 is 1.15 bits per heavy atom. The van der Waals surface area contributed by atoms with E-state index in [1.807, 2.05) is 91.0 Å². The lowest BCUT2D eigenvalue weighted by molar-refractivity contribution is -0.180. The molecule has 8 heteroatoms. The number of benzene rings is 3. The average molecular weight is 484 g/mol. The minimum atomic E-state index is -4.39. The van der Waals surface area contributed by atoms with Gasteiger partial charge in [-0.05, 0) is 16.7 Å². The second kappa shape index (κ2) is 11.9. The number of hydrogen-bond donors (Lipinski definition) is 2. The van der Waals surface area contributed by atoms with E-state index in [4.69, 9.17) is 18.7 Å². The molecule has 0 aromatic heterocycles. The molecule has 1 unspecified atom stereocenters. The Bertz CT molecular complexity index is 1050. The van der Waals surface area contributed by atoms with Crippen molar-refractivity contribution >= 4 is 7.60 Å². The van der Waals surface area contributed by atoms with Gasteiger partial charge in [0.25, 0.3) is 0 Å². The first-order valence-corrected chi connectivity index (χ1v) is 12.8. The van der Waals surface area contributed by atoms with E-state index in [1.165, 1.54) is 0 Å². The Balaban J connectivity index is 1.50. The highest BCUT2D eigenvalue weighted by atomic mass is 31.2. The van der Waals surface area contributed by atoms with Crippen LogP contribution in [0, 0.1) is 0 Å². The topological polar surface area (TPSA) is 94.5 Å². The molecule has 1 fully saturated rings. The zero-order chi connectivity index (χ0) is 23.8. The van der Waals surface area contributed by atoms with Crippen molar-refractivity contribution in [1.29, 1.82) is 0 Å². The summed E-state index contributed by atoms with van der Waals surface area (Å²) in [7, 11) is -4.39. The van der Waals surface area contributed by atoms with Crippen LogP contribution < -0.4 is 0 Å². The van der Waals surface area contributed by atoms with E-state index < -0.39 is 31.8 Å². The lowest BCUT2D eigenvalue weighted by Gasteiger charge is -2.42. The lowest BCUT2D eigenvalue weighted by Crippen LogP contribution is -2.54. The highest BCUT2D eigenvalue weighted by molar-refractivity contribution is 7.53. The third-order valence-electron chi connectivity index (χ3n) is 5.57. The first kappa shape index (κ1) is 24.8. The van der Waals surface area contributed by atoms with Crippen molar-refractivity contribution in [2.75, 3.05) is 6.61 Å².